The van der Waals surface area contributed by atoms with Crippen LogP contribution in [0.1, 0.15) is 51.1 Å². The summed E-state index contributed by atoms with van der Waals surface area (Å²) in [6.07, 6.45) is 4.98. The van der Waals surface area contributed by atoms with Gasteiger partial charge in [-0.25, -0.2) is 32.5 Å². The third kappa shape index (κ3) is 10.7. The van der Waals surface area contributed by atoms with E-state index in [2.05, 4.69) is 25.0 Å². The van der Waals surface area contributed by atoms with Crippen molar-refractivity contribution in [3.8, 4) is 11.4 Å². The number of carbonyl (C=O) groups is 1. The molecule has 2 fully saturated rings. The Balaban J connectivity index is 0.886. The first-order valence-corrected chi connectivity index (χ1v) is 22.4. The molecule has 2 aliphatic heterocycles. The number of benzene rings is 3. The van der Waals surface area contributed by atoms with E-state index in [1.54, 1.807) is 17.9 Å². The van der Waals surface area contributed by atoms with Crippen LogP contribution in [0.4, 0.5) is 20.2 Å². The van der Waals surface area contributed by atoms with E-state index >= 15 is 4.39 Å². The van der Waals surface area contributed by atoms with Gasteiger partial charge in [0, 0.05) is 68.2 Å². The Morgan fingerprint density at radius 1 is 0.984 bits per heavy atom. The lowest BCUT2D eigenvalue weighted by Gasteiger charge is -2.37. The van der Waals surface area contributed by atoms with Crippen LogP contribution in [0, 0.1) is 17.6 Å². The van der Waals surface area contributed by atoms with Crippen molar-refractivity contribution in [3.63, 3.8) is 0 Å². The molecule has 2 aliphatic rings. The molecule has 2 aromatic heterocycles. The first-order chi connectivity index (χ1) is 29.3. The van der Waals surface area contributed by atoms with E-state index in [-0.39, 0.29) is 43.2 Å². The molecule has 0 saturated carbocycles. The van der Waals surface area contributed by atoms with Crippen molar-refractivity contribution >= 4 is 24.9 Å². The maximum Gasteiger partial charge on any atom is 0.350 e. The minimum Gasteiger partial charge on any atom is -0.493 e. The number of hydrogen-bond acceptors (Lipinski definition) is 12. The van der Waals surface area contributed by atoms with Gasteiger partial charge in [-0.2, -0.15) is 10.2 Å². The number of carbonyl (C=O) groups excluding carboxylic acids is 1. The Morgan fingerprint density at radius 3 is 2.28 bits per heavy atom. The molecule has 5 atom stereocenters. The van der Waals surface area contributed by atoms with E-state index in [4.69, 9.17) is 18.7 Å². The summed E-state index contributed by atoms with van der Waals surface area (Å²) >= 11 is 0. The number of anilines is 2. The molecule has 0 aliphatic carbocycles. The lowest BCUT2D eigenvalue weighted by Crippen LogP contribution is -2.46. The van der Waals surface area contributed by atoms with Crippen LogP contribution < -0.4 is 20.2 Å². The predicted octanol–water partition coefficient (Wildman–Crippen LogP) is 5.74. The Labute approximate surface area is 352 Å². The zero-order valence-corrected chi connectivity index (χ0v) is 35.3. The second-order valence-corrected chi connectivity index (χ2v) is 17.4. The topological polar surface area (TPSA) is 168 Å². The summed E-state index contributed by atoms with van der Waals surface area (Å²) in [6, 6.07) is 18.8. The maximum absolute atomic E-state index is 15.0. The summed E-state index contributed by atoms with van der Waals surface area (Å²) in [5.41, 5.74) is 1.66. The molecule has 4 heterocycles. The summed E-state index contributed by atoms with van der Waals surface area (Å²) in [4.78, 5) is 43.7. The highest BCUT2D eigenvalue weighted by Gasteiger charge is 2.44. The van der Waals surface area contributed by atoms with Gasteiger partial charge in [-0.15, -0.1) is 0 Å². The van der Waals surface area contributed by atoms with E-state index in [0.29, 0.717) is 37.5 Å². The predicted molar refractivity (Wildman–Crippen MR) is 222 cm³/mol. The molecule has 19 heteroatoms. The molecule has 0 radical (unpaired) electrons. The summed E-state index contributed by atoms with van der Waals surface area (Å²) < 4.78 is 67.3. The fraction of sp³-hybridized carbons (Fsp3) is 0.452. The highest BCUT2D eigenvalue weighted by Crippen LogP contribution is 2.42. The van der Waals surface area contributed by atoms with Gasteiger partial charge in [0.05, 0.1) is 38.1 Å². The standard InChI is InChI=1S/C42H51F2N8O8P/c1-4-39(30(2)60-40(53)6-5-21-59-61(3,55)56)52-41(54)51(29-47-52)35-10-8-33(9-11-35)48-17-19-49(20-18-48)34-12-14-36(15-13-34)57-24-31-23-42(58-25-31,26-50-28-45-27-46-50)37-16-7-32(43)22-38(37)44/h7-16,22,27-31,39H,4-6,17-21,23-26H2,1-3H3,(H,55,56)/t30-,31+,39-,42-/m0/s1. The summed E-state index contributed by atoms with van der Waals surface area (Å²) in [7, 11) is -3.61. The first kappa shape index (κ1) is 43.7. The molecule has 1 N–H and O–H groups in total. The summed E-state index contributed by atoms with van der Waals surface area (Å²) in [5, 5.41) is 8.54. The third-order valence-corrected chi connectivity index (χ3v) is 11.8. The van der Waals surface area contributed by atoms with Crippen LogP contribution in [0.3, 0.4) is 0 Å². The van der Waals surface area contributed by atoms with E-state index in [9.17, 15) is 23.4 Å². The maximum atomic E-state index is 15.0. The number of rotatable bonds is 18. The average molecular weight is 865 g/mol. The number of halogens is 2. The van der Waals surface area contributed by atoms with Gasteiger partial charge in [0.2, 0.25) is 0 Å². The van der Waals surface area contributed by atoms with Crippen LogP contribution in [0.25, 0.3) is 5.69 Å². The SMILES string of the molecule is CC[C@@H]([C@H](C)OC(=O)CCCOP(C)(=O)O)n1ncn(-c2ccc(N3CCN(c4ccc(OC[C@@H]5CO[C@@](Cn6cncn6)(c6ccc(F)cc6F)C5)cc4)CC3)cc2)c1=O. The molecule has 61 heavy (non-hydrogen) atoms. The van der Waals surface area contributed by atoms with Gasteiger partial charge in [0.1, 0.15) is 48.1 Å². The van der Waals surface area contributed by atoms with Gasteiger partial charge in [0.25, 0.3) is 0 Å². The highest BCUT2D eigenvalue weighted by molar-refractivity contribution is 7.51. The van der Waals surface area contributed by atoms with Crippen LogP contribution >= 0.6 is 7.60 Å². The smallest absolute Gasteiger partial charge is 0.350 e. The van der Waals surface area contributed by atoms with Gasteiger partial charge in [-0.3, -0.25) is 9.36 Å². The zero-order chi connectivity index (χ0) is 43.1. The molecule has 0 amide bonds. The Morgan fingerprint density at radius 2 is 1.66 bits per heavy atom. The number of ether oxygens (including phenoxy) is 3. The first-order valence-electron chi connectivity index (χ1n) is 20.4. The van der Waals surface area contributed by atoms with Crippen LogP contribution in [0.5, 0.6) is 5.75 Å². The molecule has 3 aromatic carbocycles. The van der Waals surface area contributed by atoms with Crippen LogP contribution in [0.15, 0.2) is 90.5 Å². The molecule has 5 aromatic rings. The summed E-state index contributed by atoms with van der Waals surface area (Å²) in [5.74, 6) is -1.13. The molecule has 0 bridgehead atoms. The van der Waals surface area contributed by atoms with Crippen LogP contribution in [-0.2, 0) is 35.5 Å². The summed E-state index contributed by atoms with van der Waals surface area (Å²) in [6.45, 7) is 8.79. The molecule has 1 unspecified atom stereocenters. The van der Waals surface area contributed by atoms with Crippen molar-refractivity contribution in [1.82, 2.24) is 29.1 Å². The van der Waals surface area contributed by atoms with Gasteiger partial charge in [0.15, 0.2) is 0 Å². The van der Waals surface area contributed by atoms with Crippen molar-refractivity contribution in [1.29, 1.82) is 0 Å². The molecule has 2 saturated heterocycles. The van der Waals surface area contributed by atoms with Crippen molar-refractivity contribution in [2.24, 2.45) is 5.92 Å². The van der Waals surface area contributed by atoms with Crippen LogP contribution in [0.2, 0.25) is 0 Å². The van der Waals surface area contributed by atoms with Gasteiger partial charge >= 0.3 is 19.3 Å². The quantitative estimate of drug-likeness (QED) is 0.0645. The second kappa shape index (κ2) is 19.1. The lowest BCUT2D eigenvalue weighted by molar-refractivity contribution is -0.151. The van der Waals surface area contributed by atoms with Crippen molar-refractivity contribution in [3.05, 3.63) is 113 Å². The minimum atomic E-state index is -3.61. The van der Waals surface area contributed by atoms with E-state index in [0.717, 1.165) is 50.3 Å². The normalized spacial score (nSPS) is 20.0. The number of piperazine rings is 1. The van der Waals surface area contributed by atoms with E-state index in [1.807, 2.05) is 55.5 Å². The minimum absolute atomic E-state index is 0.00950. The number of nitrogens with zero attached hydrogens (tertiary/aromatic N) is 8. The molecule has 16 nitrogen and oxygen atoms in total. The fourth-order valence-corrected chi connectivity index (χ4v) is 8.49. The molecular weight excluding hydrogens is 813 g/mol. The fourth-order valence-electron chi connectivity index (χ4n) is 8.02. The van der Waals surface area contributed by atoms with E-state index in [1.165, 1.54) is 34.0 Å². The lowest BCUT2D eigenvalue weighted by atomic mass is 9.87. The van der Waals surface area contributed by atoms with Crippen molar-refractivity contribution < 1.29 is 41.8 Å². The largest absolute Gasteiger partial charge is 0.493 e. The average Bonchev–Trinajstić information content (AvgIpc) is 4.00. The number of hydrogen-bond donors (Lipinski definition) is 1. The zero-order valence-electron chi connectivity index (χ0n) is 34.4. The van der Waals surface area contributed by atoms with Gasteiger partial charge < -0.3 is 33.4 Å². The molecular formula is C42H51F2N8O8P. The number of esters is 1. The third-order valence-electron chi connectivity index (χ3n) is 11.1. The molecule has 326 valence electrons. The highest BCUT2D eigenvalue weighted by atomic mass is 31.2. The Kier molecular flexibility index (Phi) is 13.7. The van der Waals surface area contributed by atoms with Crippen molar-refractivity contribution in [2.75, 3.05) is 62.5 Å². The molecule has 0 spiro atoms. The number of aromatic nitrogens is 6. The Bertz CT molecular complexity index is 2330. The monoisotopic (exact) mass is 864 g/mol. The second-order valence-electron chi connectivity index (χ2n) is 15.5. The molecule has 7 rings (SSSR count). The van der Waals surface area contributed by atoms with E-state index < -0.39 is 42.9 Å². The van der Waals surface area contributed by atoms with Crippen molar-refractivity contribution in [2.45, 2.75) is 63.8 Å². The van der Waals surface area contributed by atoms with Gasteiger partial charge in [-0.05, 0) is 80.8 Å². The van der Waals surface area contributed by atoms with Gasteiger partial charge in [-0.1, -0.05) is 13.0 Å². The Hall–Kier alpha value is -5.42. The van der Waals surface area contributed by atoms with Crippen LogP contribution in [-0.4, -0.2) is 98.7 Å².